The second-order valence-electron chi connectivity index (χ2n) is 3.83. The topological polar surface area (TPSA) is 57.6 Å². The number of carbonyl (C=O) groups is 2. The predicted octanol–water partition coefficient (Wildman–Crippen LogP) is 1.84. The van der Waals surface area contributed by atoms with Gasteiger partial charge in [0.25, 0.3) is 0 Å². The second-order valence-corrected chi connectivity index (χ2v) is 5.28. The lowest BCUT2D eigenvalue weighted by atomic mass is 10.3. The molecule has 2 unspecified atom stereocenters. The van der Waals surface area contributed by atoms with Gasteiger partial charge >= 0.3 is 5.97 Å². The van der Waals surface area contributed by atoms with E-state index in [1.54, 1.807) is 11.8 Å². The Morgan fingerprint density at radius 2 is 1.94 bits per heavy atom. The summed E-state index contributed by atoms with van der Waals surface area (Å²) >= 11 is 1.58. The summed E-state index contributed by atoms with van der Waals surface area (Å²) < 4.78 is 0. The van der Waals surface area contributed by atoms with Crippen LogP contribution in [-0.2, 0) is 9.59 Å². The average Bonchev–Trinajstić information content (AvgIpc) is 2.26. The van der Waals surface area contributed by atoms with Crippen LogP contribution in [0.2, 0.25) is 0 Å². The zero-order chi connectivity index (χ0) is 12.7. The molecule has 0 aromatic heterocycles. The van der Waals surface area contributed by atoms with Gasteiger partial charge in [0, 0.05) is 7.05 Å². The number of carbonyl (C=O) groups excluding carboxylic acids is 1. The molecule has 1 N–H and O–H groups in total. The molecule has 94 valence electrons. The first-order valence-corrected chi connectivity index (χ1v) is 6.57. The van der Waals surface area contributed by atoms with Gasteiger partial charge in [0.15, 0.2) is 0 Å². The number of carboxylic acids is 1. The molecule has 0 aliphatic carbocycles. The van der Waals surface area contributed by atoms with Crippen LogP contribution in [0.5, 0.6) is 0 Å². The highest BCUT2D eigenvalue weighted by atomic mass is 32.2. The van der Waals surface area contributed by atoms with Crippen molar-refractivity contribution in [2.45, 2.75) is 44.9 Å². The van der Waals surface area contributed by atoms with E-state index >= 15 is 0 Å². The molecule has 0 radical (unpaired) electrons. The molecule has 0 aromatic rings. The molecule has 0 spiro atoms. The van der Waals surface area contributed by atoms with Crippen LogP contribution in [0.1, 0.15) is 33.6 Å². The number of nitrogens with zero attached hydrogens (tertiary/aromatic N) is 1. The van der Waals surface area contributed by atoms with Crippen molar-refractivity contribution in [1.82, 2.24) is 4.90 Å². The standard InChI is InChI=1S/C11H21NO3S/c1-5-6-7-16-9(3)10(13)12(4)8(2)11(14)15/h8-9H,5-7H2,1-4H3,(H,14,15). The van der Waals surface area contributed by atoms with Gasteiger partial charge in [-0.15, -0.1) is 11.8 Å². The Morgan fingerprint density at radius 1 is 1.38 bits per heavy atom. The fourth-order valence-corrected chi connectivity index (χ4v) is 2.24. The Bertz CT molecular complexity index is 245. The molecule has 0 aliphatic heterocycles. The van der Waals surface area contributed by atoms with Crippen LogP contribution in [0.15, 0.2) is 0 Å². The smallest absolute Gasteiger partial charge is 0.326 e. The lowest BCUT2D eigenvalue weighted by Gasteiger charge is -2.24. The number of likely N-dealkylation sites (N-methyl/N-ethyl adjacent to an activating group) is 1. The first-order valence-electron chi connectivity index (χ1n) is 5.52. The fraction of sp³-hybridized carbons (Fsp3) is 0.818. The molecule has 4 nitrogen and oxygen atoms in total. The summed E-state index contributed by atoms with van der Waals surface area (Å²) in [7, 11) is 1.54. The Balaban J connectivity index is 4.16. The van der Waals surface area contributed by atoms with E-state index in [1.165, 1.54) is 18.9 Å². The van der Waals surface area contributed by atoms with Gasteiger partial charge in [-0.1, -0.05) is 13.3 Å². The number of amides is 1. The maximum absolute atomic E-state index is 11.8. The molecule has 16 heavy (non-hydrogen) atoms. The van der Waals surface area contributed by atoms with Crippen LogP contribution in [-0.4, -0.2) is 46.0 Å². The minimum atomic E-state index is -0.971. The zero-order valence-electron chi connectivity index (χ0n) is 10.4. The lowest BCUT2D eigenvalue weighted by molar-refractivity contribution is -0.147. The summed E-state index contributed by atoms with van der Waals surface area (Å²) in [4.78, 5) is 23.8. The van der Waals surface area contributed by atoms with Gasteiger partial charge in [-0.3, -0.25) is 4.79 Å². The number of thioether (sulfide) groups is 1. The van der Waals surface area contributed by atoms with Gasteiger partial charge in [0.1, 0.15) is 6.04 Å². The molecule has 0 rings (SSSR count). The Labute approximate surface area is 101 Å². The van der Waals surface area contributed by atoms with E-state index in [1.807, 2.05) is 6.92 Å². The van der Waals surface area contributed by atoms with Crippen molar-refractivity contribution in [2.75, 3.05) is 12.8 Å². The minimum Gasteiger partial charge on any atom is -0.480 e. The predicted molar refractivity (Wildman–Crippen MR) is 66.7 cm³/mol. The molecular weight excluding hydrogens is 226 g/mol. The lowest BCUT2D eigenvalue weighted by Crippen LogP contribution is -2.43. The molecular formula is C11H21NO3S. The van der Waals surface area contributed by atoms with Gasteiger partial charge < -0.3 is 10.0 Å². The number of hydrogen-bond acceptors (Lipinski definition) is 3. The Hall–Kier alpha value is -0.710. The highest BCUT2D eigenvalue weighted by Crippen LogP contribution is 2.15. The number of rotatable bonds is 7. The van der Waals surface area contributed by atoms with Crippen molar-refractivity contribution >= 4 is 23.6 Å². The summed E-state index contributed by atoms with van der Waals surface area (Å²) in [6.45, 7) is 5.45. The van der Waals surface area contributed by atoms with Gasteiger partial charge in [-0.25, -0.2) is 4.79 Å². The van der Waals surface area contributed by atoms with Crippen LogP contribution in [0.4, 0.5) is 0 Å². The van der Waals surface area contributed by atoms with Crippen LogP contribution >= 0.6 is 11.8 Å². The maximum atomic E-state index is 11.8. The van der Waals surface area contributed by atoms with E-state index in [0.717, 1.165) is 18.6 Å². The molecule has 1 amide bonds. The van der Waals surface area contributed by atoms with E-state index in [4.69, 9.17) is 5.11 Å². The van der Waals surface area contributed by atoms with Crippen LogP contribution in [0.25, 0.3) is 0 Å². The number of hydrogen-bond donors (Lipinski definition) is 1. The number of aliphatic carboxylic acids is 1. The second kappa shape index (κ2) is 7.54. The van der Waals surface area contributed by atoms with Gasteiger partial charge in [-0.2, -0.15) is 0 Å². The van der Waals surface area contributed by atoms with Crippen LogP contribution in [0, 0.1) is 0 Å². The minimum absolute atomic E-state index is 0.115. The summed E-state index contributed by atoms with van der Waals surface area (Å²) in [5, 5.41) is 8.63. The summed E-state index contributed by atoms with van der Waals surface area (Å²) in [5.41, 5.74) is 0. The molecule has 5 heteroatoms. The molecule has 0 saturated heterocycles. The van der Waals surface area contributed by atoms with Crippen LogP contribution in [0.3, 0.4) is 0 Å². The zero-order valence-corrected chi connectivity index (χ0v) is 11.2. The quantitative estimate of drug-likeness (QED) is 0.697. The Morgan fingerprint density at radius 3 is 2.38 bits per heavy atom. The molecule has 0 bridgehead atoms. The van der Waals surface area contributed by atoms with Crippen molar-refractivity contribution in [1.29, 1.82) is 0 Å². The van der Waals surface area contributed by atoms with Gasteiger partial charge in [-0.05, 0) is 26.0 Å². The van der Waals surface area contributed by atoms with E-state index in [2.05, 4.69) is 6.92 Å². The normalized spacial score (nSPS) is 14.2. The SMILES string of the molecule is CCCCSC(C)C(=O)N(C)C(C)C(=O)O. The highest BCUT2D eigenvalue weighted by molar-refractivity contribution is 8.00. The van der Waals surface area contributed by atoms with Crippen molar-refractivity contribution in [3.63, 3.8) is 0 Å². The molecule has 0 saturated carbocycles. The van der Waals surface area contributed by atoms with E-state index < -0.39 is 12.0 Å². The van der Waals surface area contributed by atoms with Crippen molar-refractivity contribution in [3.05, 3.63) is 0 Å². The average molecular weight is 247 g/mol. The first kappa shape index (κ1) is 15.3. The number of carboxylic acid groups (broad SMARTS) is 1. The fourth-order valence-electron chi connectivity index (χ4n) is 1.12. The third-order valence-corrected chi connectivity index (χ3v) is 3.73. The maximum Gasteiger partial charge on any atom is 0.326 e. The molecule has 0 aliphatic rings. The monoisotopic (exact) mass is 247 g/mol. The van der Waals surface area contributed by atoms with Gasteiger partial charge in [0.2, 0.25) is 5.91 Å². The molecule has 0 heterocycles. The molecule has 0 fully saturated rings. The number of unbranched alkanes of at least 4 members (excludes halogenated alkanes) is 1. The van der Waals surface area contributed by atoms with Gasteiger partial charge in [0.05, 0.1) is 5.25 Å². The van der Waals surface area contributed by atoms with E-state index in [0.29, 0.717) is 0 Å². The molecule has 0 aromatic carbocycles. The summed E-state index contributed by atoms with van der Waals surface area (Å²) in [6.07, 6.45) is 2.19. The Kier molecular flexibility index (Phi) is 7.21. The highest BCUT2D eigenvalue weighted by Gasteiger charge is 2.25. The van der Waals surface area contributed by atoms with Crippen molar-refractivity contribution in [3.8, 4) is 0 Å². The van der Waals surface area contributed by atoms with Crippen molar-refractivity contribution in [2.24, 2.45) is 0 Å². The third kappa shape index (κ3) is 4.88. The largest absolute Gasteiger partial charge is 0.480 e. The third-order valence-electron chi connectivity index (χ3n) is 2.50. The van der Waals surface area contributed by atoms with Crippen LogP contribution < -0.4 is 0 Å². The van der Waals surface area contributed by atoms with E-state index in [-0.39, 0.29) is 11.2 Å². The van der Waals surface area contributed by atoms with Crippen molar-refractivity contribution < 1.29 is 14.7 Å². The first-order chi connectivity index (χ1) is 7.41. The van der Waals surface area contributed by atoms with E-state index in [9.17, 15) is 9.59 Å². The molecule has 2 atom stereocenters. The summed E-state index contributed by atoms with van der Waals surface area (Å²) in [5.74, 6) is -0.142. The summed E-state index contributed by atoms with van der Waals surface area (Å²) in [6, 6.07) is -0.762.